The molecule has 3 nitrogen and oxygen atoms in total. The first kappa shape index (κ1) is 40.9. The van der Waals surface area contributed by atoms with E-state index in [4.69, 9.17) is 17.0 Å². The largest absolute Gasteiger partial charge is 0.467 e. The maximum atomic E-state index is 6.64. The molecule has 1 aliphatic heterocycles. The molecule has 0 bridgehead atoms. The summed E-state index contributed by atoms with van der Waals surface area (Å²) in [6, 6.07) is 0. The predicted molar refractivity (Wildman–Crippen MR) is 201 cm³/mol. The van der Waals surface area contributed by atoms with Gasteiger partial charge >= 0.3 is 0 Å². The van der Waals surface area contributed by atoms with Crippen LogP contribution in [0.3, 0.4) is 0 Å². The molecule has 1 fully saturated rings. The highest BCUT2D eigenvalue weighted by molar-refractivity contribution is 7.80. The van der Waals surface area contributed by atoms with Crippen LogP contribution in [0.5, 0.6) is 0 Å². The molecule has 0 spiro atoms. The summed E-state index contributed by atoms with van der Waals surface area (Å²) in [7, 11) is 0. The number of rotatable bonds is 30. The molecule has 0 amide bonds. The second-order valence-corrected chi connectivity index (χ2v) is 13.6. The van der Waals surface area contributed by atoms with E-state index in [1.54, 1.807) is 0 Å². The topological polar surface area (TPSA) is 24.5 Å². The monoisotopic (exact) mass is 631 g/mol. The van der Waals surface area contributed by atoms with Gasteiger partial charge in [0.15, 0.2) is 0 Å². The molecule has 1 rings (SSSR count). The highest BCUT2D eigenvalue weighted by Gasteiger charge is 2.23. The van der Waals surface area contributed by atoms with Gasteiger partial charge < -0.3 is 15.0 Å². The van der Waals surface area contributed by atoms with Gasteiger partial charge in [-0.1, -0.05) is 95.8 Å². The summed E-state index contributed by atoms with van der Waals surface area (Å²) in [6.07, 6.45) is 44.9. The van der Waals surface area contributed by atoms with E-state index in [0.717, 1.165) is 25.8 Å². The second kappa shape index (κ2) is 31.8. The first-order valence-corrected chi connectivity index (χ1v) is 19.7. The Morgan fingerprint density at radius 2 is 1.05 bits per heavy atom. The van der Waals surface area contributed by atoms with Gasteiger partial charge in [0.2, 0.25) is 0 Å². The number of nitrogens with zero attached hydrogens (tertiary/aromatic N) is 1. The molecule has 0 aromatic carbocycles. The van der Waals surface area contributed by atoms with E-state index in [1.165, 1.54) is 154 Å². The van der Waals surface area contributed by atoms with Crippen LogP contribution < -0.4 is 5.32 Å². The lowest BCUT2D eigenvalue weighted by molar-refractivity contribution is 0.0956. The highest BCUT2D eigenvalue weighted by Crippen LogP contribution is 2.27. The number of likely N-dealkylation sites (tertiary alicyclic amines) is 1. The minimum atomic E-state index is 0.212. The number of allylic oxidation sites excluding steroid dienone is 6. The molecular formula is C40H74N2OS. The molecule has 1 atom stereocenters. The standard InChI is InChI=1S/C40H74N2OS/c1-4-7-10-13-16-19-22-25-31-38(32-26-23-20-17-14-11-8-5-2)39(33-27-24-21-18-15-12-9-6-3)43-40(44)41-34-30-37-42-35-28-29-36-42/h16-21,38-39H,4-15,22-37H2,1-3H3,(H,41,44)/b19-16-,20-17-,21-18-. The van der Waals surface area contributed by atoms with Gasteiger partial charge in [0.25, 0.3) is 5.17 Å². The molecule has 1 unspecified atom stereocenters. The van der Waals surface area contributed by atoms with E-state index in [-0.39, 0.29) is 6.10 Å². The van der Waals surface area contributed by atoms with Crippen molar-refractivity contribution in [2.24, 2.45) is 5.92 Å². The van der Waals surface area contributed by atoms with E-state index in [9.17, 15) is 0 Å². The Hall–Kier alpha value is -1.13. The molecular weight excluding hydrogens is 557 g/mol. The SMILES string of the molecule is CCCCC/C=C\CCCC(CCC/C=C\CCCCC)C(CCC/C=C\CCCCC)OC(=S)NCCCN1CCCC1. The Bertz CT molecular complexity index is 686. The van der Waals surface area contributed by atoms with E-state index in [2.05, 4.69) is 67.4 Å². The van der Waals surface area contributed by atoms with Crippen LogP contribution in [0.2, 0.25) is 0 Å². The summed E-state index contributed by atoms with van der Waals surface area (Å²) < 4.78 is 6.64. The zero-order valence-corrected chi connectivity index (χ0v) is 30.5. The summed E-state index contributed by atoms with van der Waals surface area (Å²) in [5.41, 5.74) is 0. The van der Waals surface area contributed by atoms with Gasteiger partial charge in [0.05, 0.1) is 0 Å². The number of hydrogen-bond donors (Lipinski definition) is 1. The van der Waals surface area contributed by atoms with Crippen molar-refractivity contribution in [3.8, 4) is 0 Å². The van der Waals surface area contributed by atoms with E-state index in [0.29, 0.717) is 11.1 Å². The zero-order chi connectivity index (χ0) is 31.8. The molecule has 4 heteroatoms. The minimum Gasteiger partial charge on any atom is -0.467 e. The Morgan fingerprint density at radius 1 is 0.614 bits per heavy atom. The Labute approximate surface area is 281 Å². The molecule has 44 heavy (non-hydrogen) atoms. The van der Waals surface area contributed by atoms with Crippen molar-refractivity contribution in [3.63, 3.8) is 0 Å². The first-order valence-electron chi connectivity index (χ1n) is 19.3. The van der Waals surface area contributed by atoms with Crippen molar-refractivity contribution in [1.82, 2.24) is 10.2 Å². The quantitative estimate of drug-likeness (QED) is 0.0485. The lowest BCUT2D eigenvalue weighted by atomic mass is 9.87. The number of hydrogen-bond acceptors (Lipinski definition) is 3. The normalized spacial score (nSPS) is 15.0. The molecule has 0 radical (unpaired) electrons. The summed E-state index contributed by atoms with van der Waals surface area (Å²) in [5, 5.41) is 4.10. The van der Waals surface area contributed by atoms with Crippen LogP contribution in [0.25, 0.3) is 0 Å². The summed E-state index contributed by atoms with van der Waals surface area (Å²) >= 11 is 5.78. The summed E-state index contributed by atoms with van der Waals surface area (Å²) in [4.78, 5) is 2.58. The Balaban J connectivity index is 2.70. The number of thiocarbonyl (C=S) groups is 1. The number of nitrogens with one attached hydrogen (secondary N) is 1. The zero-order valence-electron chi connectivity index (χ0n) is 29.7. The van der Waals surface area contributed by atoms with Gasteiger partial charge in [-0.25, -0.2) is 0 Å². The van der Waals surface area contributed by atoms with Gasteiger partial charge in [-0.15, -0.1) is 0 Å². The number of ether oxygens (including phenoxy) is 1. The fourth-order valence-corrected chi connectivity index (χ4v) is 6.49. The van der Waals surface area contributed by atoms with Crippen LogP contribution >= 0.6 is 12.2 Å². The lowest BCUT2D eigenvalue weighted by Crippen LogP contribution is -2.34. The number of unbranched alkanes of at least 4 members (excludes halogenated alkanes) is 12. The van der Waals surface area contributed by atoms with Gasteiger partial charge in [0, 0.05) is 6.54 Å². The van der Waals surface area contributed by atoms with Crippen LogP contribution in [0.15, 0.2) is 36.5 Å². The van der Waals surface area contributed by atoms with Gasteiger partial charge in [-0.3, -0.25) is 0 Å². The molecule has 0 aliphatic carbocycles. The minimum absolute atomic E-state index is 0.212. The van der Waals surface area contributed by atoms with Crippen LogP contribution in [0.4, 0.5) is 0 Å². The smallest absolute Gasteiger partial charge is 0.256 e. The van der Waals surface area contributed by atoms with Crippen LogP contribution in [-0.2, 0) is 4.74 Å². The maximum absolute atomic E-state index is 6.64. The lowest BCUT2D eigenvalue weighted by Gasteiger charge is -2.29. The predicted octanol–water partition coefficient (Wildman–Crippen LogP) is 12.3. The van der Waals surface area contributed by atoms with Crippen LogP contribution in [0.1, 0.15) is 175 Å². The van der Waals surface area contributed by atoms with Gasteiger partial charge in [-0.2, -0.15) is 0 Å². The third-order valence-electron chi connectivity index (χ3n) is 9.08. The first-order chi connectivity index (χ1) is 21.7. The van der Waals surface area contributed by atoms with Crippen molar-refractivity contribution in [2.45, 2.75) is 181 Å². The van der Waals surface area contributed by atoms with Gasteiger partial charge in [0.1, 0.15) is 6.10 Å². The van der Waals surface area contributed by atoms with Crippen LogP contribution in [0, 0.1) is 5.92 Å². The van der Waals surface area contributed by atoms with Crippen molar-refractivity contribution >= 4 is 17.4 Å². The fraction of sp³-hybridized carbons (Fsp3) is 0.825. The van der Waals surface area contributed by atoms with E-state index in [1.807, 2.05) is 0 Å². The molecule has 0 aromatic rings. The van der Waals surface area contributed by atoms with Crippen molar-refractivity contribution < 1.29 is 4.74 Å². The van der Waals surface area contributed by atoms with Crippen molar-refractivity contribution in [2.75, 3.05) is 26.2 Å². The summed E-state index contributed by atoms with van der Waals surface area (Å²) in [5.74, 6) is 0.565. The molecule has 256 valence electrons. The molecule has 1 heterocycles. The average molecular weight is 631 g/mol. The van der Waals surface area contributed by atoms with Crippen molar-refractivity contribution in [1.29, 1.82) is 0 Å². The third kappa shape index (κ3) is 25.1. The molecule has 1 aliphatic rings. The molecule has 1 saturated heterocycles. The van der Waals surface area contributed by atoms with Crippen LogP contribution in [-0.4, -0.2) is 42.4 Å². The van der Waals surface area contributed by atoms with E-state index < -0.39 is 0 Å². The third-order valence-corrected chi connectivity index (χ3v) is 9.32. The molecule has 1 N–H and O–H groups in total. The highest BCUT2D eigenvalue weighted by atomic mass is 32.1. The second-order valence-electron chi connectivity index (χ2n) is 13.2. The van der Waals surface area contributed by atoms with Gasteiger partial charge in [-0.05, 0) is 153 Å². The molecule has 0 aromatic heterocycles. The fourth-order valence-electron chi connectivity index (χ4n) is 6.26. The average Bonchev–Trinajstić information content (AvgIpc) is 3.55. The van der Waals surface area contributed by atoms with E-state index >= 15 is 0 Å². The Kier molecular flexibility index (Phi) is 29.6. The van der Waals surface area contributed by atoms with Crippen molar-refractivity contribution in [3.05, 3.63) is 36.5 Å². The maximum Gasteiger partial charge on any atom is 0.256 e. The molecule has 0 saturated carbocycles. The Morgan fingerprint density at radius 3 is 1.50 bits per heavy atom. The summed E-state index contributed by atoms with van der Waals surface area (Å²) in [6.45, 7) is 11.5.